The van der Waals surface area contributed by atoms with E-state index in [1.165, 1.54) is 11.3 Å². The van der Waals surface area contributed by atoms with Crippen LogP contribution in [0.2, 0.25) is 0 Å². The van der Waals surface area contributed by atoms with Crippen molar-refractivity contribution in [3.05, 3.63) is 35.0 Å². The van der Waals surface area contributed by atoms with E-state index in [0.717, 1.165) is 42.4 Å². The van der Waals surface area contributed by atoms with E-state index in [2.05, 4.69) is 18.8 Å². The van der Waals surface area contributed by atoms with Crippen LogP contribution in [0.3, 0.4) is 0 Å². The van der Waals surface area contributed by atoms with E-state index >= 15 is 0 Å². The molecule has 1 N–H and O–H groups in total. The molecule has 1 aliphatic carbocycles. The Morgan fingerprint density at radius 1 is 1.22 bits per heavy atom. The van der Waals surface area contributed by atoms with Gasteiger partial charge < -0.3 is 14.6 Å². The van der Waals surface area contributed by atoms with Crippen LogP contribution in [0.1, 0.15) is 34.5 Å². The SMILES string of the molecule is COC1C[C@@H]2CN(C(=O)c3ccc4[nH]c(C)c(C)c4c3)C[C@@H]2C1. The Kier molecular flexibility index (Phi) is 3.45. The number of nitrogens with one attached hydrogen (secondary N) is 1. The van der Waals surface area contributed by atoms with Crippen LogP contribution in [0.5, 0.6) is 0 Å². The zero-order valence-electron chi connectivity index (χ0n) is 14.1. The van der Waals surface area contributed by atoms with Gasteiger partial charge in [-0.25, -0.2) is 0 Å². The molecule has 2 aliphatic rings. The van der Waals surface area contributed by atoms with Gasteiger partial charge >= 0.3 is 0 Å². The van der Waals surface area contributed by atoms with Gasteiger partial charge in [0.15, 0.2) is 0 Å². The second kappa shape index (κ2) is 5.38. The Hall–Kier alpha value is -1.81. The zero-order chi connectivity index (χ0) is 16.1. The molecule has 1 aromatic carbocycles. The second-order valence-electron chi connectivity index (χ2n) is 7.19. The summed E-state index contributed by atoms with van der Waals surface area (Å²) < 4.78 is 5.48. The summed E-state index contributed by atoms with van der Waals surface area (Å²) in [6.07, 6.45) is 2.59. The number of aromatic nitrogens is 1. The topological polar surface area (TPSA) is 45.3 Å². The minimum Gasteiger partial charge on any atom is -0.381 e. The lowest BCUT2D eigenvalue weighted by molar-refractivity contribution is 0.0731. The molecule has 4 rings (SSSR count). The van der Waals surface area contributed by atoms with Crippen LogP contribution in [0.25, 0.3) is 10.9 Å². The number of hydrogen-bond donors (Lipinski definition) is 1. The lowest BCUT2D eigenvalue weighted by Crippen LogP contribution is -2.30. The molecule has 0 bridgehead atoms. The van der Waals surface area contributed by atoms with Crippen molar-refractivity contribution in [3.8, 4) is 0 Å². The van der Waals surface area contributed by atoms with Crippen LogP contribution in [-0.4, -0.2) is 42.1 Å². The van der Waals surface area contributed by atoms with Crippen molar-refractivity contribution in [1.82, 2.24) is 9.88 Å². The predicted octanol–water partition coefficient (Wildman–Crippen LogP) is 3.28. The van der Waals surface area contributed by atoms with Crippen molar-refractivity contribution in [3.63, 3.8) is 0 Å². The Bertz CT molecular complexity index is 750. The molecule has 4 nitrogen and oxygen atoms in total. The minimum atomic E-state index is 0.175. The summed E-state index contributed by atoms with van der Waals surface area (Å²) in [6.45, 7) is 5.94. The first-order valence-electron chi connectivity index (χ1n) is 8.47. The number of ether oxygens (including phenoxy) is 1. The highest BCUT2D eigenvalue weighted by atomic mass is 16.5. The zero-order valence-corrected chi connectivity index (χ0v) is 14.1. The number of hydrogen-bond acceptors (Lipinski definition) is 2. The third-order valence-corrected chi connectivity index (χ3v) is 5.88. The Morgan fingerprint density at radius 2 is 1.91 bits per heavy atom. The van der Waals surface area contributed by atoms with Gasteiger partial charge in [0.25, 0.3) is 5.91 Å². The third-order valence-electron chi connectivity index (χ3n) is 5.88. The van der Waals surface area contributed by atoms with E-state index in [1.54, 1.807) is 7.11 Å². The number of aryl methyl sites for hydroxylation is 2. The van der Waals surface area contributed by atoms with Crippen molar-refractivity contribution >= 4 is 16.8 Å². The van der Waals surface area contributed by atoms with Crippen molar-refractivity contribution in [1.29, 1.82) is 0 Å². The third kappa shape index (κ3) is 2.36. The fourth-order valence-electron chi connectivity index (χ4n) is 4.38. The Balaban J connectivity index is 1.55. The second-order valence-corrected chi connectivity index (χ2v) is 7.19. The largest absolute Gasteiger partial charge is 0.381 e. The summed E-state index contributed by atoms with van der Waals surface area (Å²) in [4.78, 5) is 18.3. The fourth-order valence-corrected chi connectivity index (χ4v) is 4.38. The first-order valence-corrected chi connectivity index (χ1v) is 8.47. The van der Waals surface area contributed by atoms with Crippen LogP contribution >= 0.6 is 0 Å². The number of carbonyl (C=O) groups is 1. The Morgan fingerprint density at radius 3 is 2.57 bits per heavy atom. The van der Waals surface area contributed by atoms with Crippen LogP contribution in [0.15, 0.2) is 18.2 Å². The summed E-state index contributed by atoms with van der Waals surface area (Å²) in [7, 11) is 1.80. The maximum Gasteiger partial charge on any atom is 0.253 e. The number of likely N-dealkylation sites (tertiary alicyclic amines) is 1. The van der Waals surface area contributed by atoms with Gasteiger partial charge in [-0.15, -0.1) is 0 Å². The van der Waals surface area contributed by atoms with E-state index in [1.807, 2.05) is 23.1 Å². The standard InChI is InChI=1S/C19H24N2O2/c1-11-12(2)20-18-5-4-13(8-17(11)18)19(22)21-9-14-6-16(23-3)7-15(14)10-21/h4-5,8,14-16,20H,6-7,9-10H2,1-3H3/t14-,15+,16?. The molecule has 0 spiro atoms. The number of methoxy groups -OCH3 is 1. The van der Waals surface area contributed by atoms with Crippen LogP contribution < -0.4 is 0 Å². The van der Waals surface area contributed by atoms with Crippen LogP contribution in [0.4, 0.5) is 0 Å². The summed E-state index contributed by atoms with van der Waals surface area (Å²) in [5.41, 5.74) is 4.32. The molecule has 1 unspecified atom stereocenters. The van der Waals surface area contributed by atoms with E-state index in [4.69, 9.17) is 4.74 Å². The highest BCUT2D eigenvalue weighted by Gasteiger charge is 2.42. The van der Waals surface area contributed by atoms with Gasteiger partial charge in [-0.05, 0) is 62.3 Å². The summed E-state index contributed by atoms with van der Waals surface area (Å²) in [5, 5.41) is 1.16. The van der Waals surface area contributed by atoms with Crippen molar-refractivity contribution in [2.45, 2.75) is 32.8 Å². The molecule has 1 aromatic heterocycles. The quantitative estimate of drug-likeness (QED) is 0.925. The average molecular weight is 312 g/mol. The maximum absolute atomic E-state index is 12.9. The maximum atomic E-state index is 12.9. The van der Waals surface area contributed by atoms with E-state index in [9.17, 15) is 4.79 Å². The molecule has 23 heavy (non-hydrogen) atoms. The van der Waals surface area contributed by atoms with Gasteiger partial charge in [0.1, 0.15) is 0 Å². The number of rotatable bonds is 2. The van der Waals surface area contributed by atoms with E-state index in [-0.39, 0.29) is 5.91 Å². The lowest BCUT2D eigenvalue weighted by Gasteiger charge is -2.19. The smallest absolute Gasteiger partial charge is 0.253 e. The lowest BCUT2D eigenvalue weighted by atomic mass is 10.0. The first-order chi connectivity index (χ1) is 11.1. The molecule has 4 heteroatoms. The van der Waals surface area contributed by atoms with Gasteiger partial charge in [-0.1, -0.05) is 0 Å². The summed E-state index contributed by atoms with van der Waals surface area (Å²) in [5.74, 6) is 1.40. The van der Waals surface area contributed by atoms with Crippen LogP contribution in [-0.2, 0) is 4.74 Å². The number of amides is 1. The number of fused-ring (bicyclic) bond motifs is 2. The van der Waals surface area contributed by atoms with E-state index < -0.39 is 0 Å². The number of benzene rings is 1. The number of carbonyl (C=O) groups excluding carboxylic acids is 1. The molecule has 1 aliphatic heterocycles. The highest BCUT2D eigenvalue weighted by Crippen LogP contribution is 2.39. The van der Waals surface area contributed by atoms with Gasteiger partial charge in [0.05, 0.1) is 6.10 Å². The average Bonchev–Trinajstić information content (AvgIpc) is 3.19. The van der Waals surface area contributed by atoms with Crippen LogP contribution in [0, 0.1) is 25.7 Å². The fraction of sp³-hybridized carbons (Fsp3) is 0.526. The van der Waals surface area contributed by atoms with E-state index in [0.29, 0.717) is 17.9 Å². The summed E-state index contributed by atoms with van der Waals surface area (Å²) in [6, 6.07) is 6.02. The van der Waals surface area contributed by atoms with Gasteiger partial charge in [0.2, 0.25) is 0 Å². The van der Waals surface area contributed by atoms with Gasteiger partial charge in [0, 0.05) is 42.4 Å². The molecule has 2 aromatic rings. The Labute approximate surface area is 136 Å². The van der Waals surface area contributed by atoms with Gasteiger partial charge in [-0.2, -0.15) is 0 Å². The molecule has 1 saturated heterocycles. The van der Waals surface area contributed by atoms with Crippen molar-refractivity contribution in [2.75, 3.05) is 20.2 Å². The molecule has 1 amide bonds. The van der Waals surface area contributed by atoms with Crippen molar-refractivity contribution < 1.29 is 9.53 Å². The molecule has 0 radical (unpaired) electrons. The van der Waals surface area contributed by atoms with Gasteiger partial charge in [-0.3, -0.25) is 4.79 Å². The van der Waals surface area contributed by atoms with Crippen molar-refractivity contribution in [2.24, 2.45) is 11.8 Å². The molecule has 1 saturated carbocycles. The first kappa shape index (κ1) is 14.8. The normalized spacial score (nSPS) is 26.9. The minimum absolute atomic E-state index is 0.175. The molecular formula is C19H24N2O2. The molecule has 3 atom stereocenters. The molecular weight excluding hydrogens is 288 g/mol. The molecule has 2 fully saturated rings. The number of nitrogens with zero attached hydrogens (tertiary/aromatic N) is 1. The molecule has 122 valence electrons. The number of aromatic amines is 1. The number of H-pyrrole nitrogens is 1. The highest BCUT2D eigenvalue weighted by molar-refractivity contribution is 5.99. The predicted molar refractivity (Wildman–Crippen MR) is 90.7 cm³/mol. The molecule has 2 heterocycles. The monoisotopic (exact) mass is 312 g/mol. The summed E-state index contributed by atoms with van der Waals surface area (Å²) >= 11 is 0.